The Labute approximate surface area is 274 Å². The topological polar surface area (TPSA) is 112 Å². The highest BCUT2D eigenvalue weighted by Crippen LogP contribution is 2.28. The van der Waals surface area contributed by atoms with E-state index in [2.05, 4.69) is 57.8 Å². The first-order valence-electron chi connectivity index (χ1n) is 16.1. The van der Waals surface area contributed by atoms with Gasteiger partial charge in [0.2, 0.25) is 17.8 Å². The fraction of sp³-hybridized carbons (Fsp3) is 0.333. The van der Waals surface area contributed by atoms with Gasteiger partial charge in [0.05, 0.1) is 24.8 Å². The average molecular weight is 632 g/mol. The molecule has 0 saturated carbocycles. The quantitative estimate of drug-likeness (QED) is 0.135. The van der Waals surface area contributed by atoms with Crippen LogP contribution in [0.5, 0.6) is 0 Å². The number of nitrogens with zero attached hydrogens (tertiary/aromatic N) is 6. The number of carbonyl (C=O) groups excluding carboxylic acids is 1. The summed E-state index contributed by atoms with van der Waals surface area (Å²) < 4.78 is 13.7. The Bertz CT molecular complexity index is 1800. The number of rotatable bonds is 13. The van der Waals surface area contributed by atoms with Crippen LogP contribution in [-0.4, -0.2) is 57.0 Å². The Kier molecular flexibility index (Phi) is 10.1. The van der Waals surface area contributed by atoms with Gasteiger partial charge in [0, 0.05) is 30.8 Å². The van der Waals surface area contributed by atoms with Crippen molar-refractivity contribution in [3.63, 3.8) is 0 Å². The summed E-state index contributed by atoms with van der Waals surface area (Å²) in [5.41, 5.74) is 5.96. The Morgan fingerprint density at radius 3 is 2.53 bits per heavy atom. The average Bonchev–Trinajstić information content (AvgIpc) is 3.49. The summed E-state index contributed by atoms with van der Waals surface area (Å²) in [5.74, 6) is 0.577. The maximum Gasteiger partial charge on any atom is 0.233 e. The summed E-state index contributed by atoms with van der Waals surface area (Å²) in [6, 6.07) is 19.5. The minimum Gasteiger partial charge on any atom is -0.349 e. The minimum absolute atomic E-state index is 0.0133. The normalized spacial score (nSPS) is 14.9. The minimum atomic E-state index is -0.585. The summed E-state index contributed by atoms with van der Waals surface area (Å²) in [6.07, 6.45) is 5.11. The van der Waals surface area contributed by atoms with Crippen LogP contribution >= 0.6 is 0 Å². The molecule has 6 rings (SSSR count). The summed E-state index contributed by atoms with van der Waals surface area (Å²) in [6.45, 7) is 12.5. The molecular formula is C36H38FN9O. The van der Waals surface area contributed by atoms with Crippen LogP contribution in [0, 0.1) is 12.4 Å². The van der Waals surface area contributed by atoms with Crippen molar-refractivity contribution in [3.05, 3.63) is 101 Å². The molecule has 11 heteroatoms. The molecule has 1 saturated heterocycles. The second-order valence-electron chi connectivity index (χ2n) is 11.9. The van der Waals surface area contributed by atoms with E-state index in [4.69, 9.17) is 6.57 Å². The van der Waals surface area contributed by atoms with Crippen molar-refractivity contribution in [2.24, 2.45) is 4.99 Å². The first kappa shape index (κ1) is 31.8. The Hall–Kier alpha value is -5.21. The Morgan fingerprint density at radius 1 is 0.957 bits per heavy atom. The number of halogens is 1. The first-order chi connectivity index (χ1) is 22.9. The summed E-state index contributed by atoms with van der Waals surface area (Å²) in [5, 5.41) is 9.86. The summed E-state index contributed by atoms with van der Waals surface area (Å²) in [7, 11) is 0. The van der Waals surface area contributed by atoms with E-state index in [0.717, 1.165) is 42.2 Å². The van der Waals surface area contributed by atoms with Crippen molar-refractivity contribution in [3.8, 4) is 0 Å². The first-order valence-corrected chi connectivity index (χ1v) is 16.1. The Morgan fingerprint density at radius 2 is 1.74 bits per heavy atom. The van der Waals surface area contributed by atoms with Crippen LogP contribution in [0.4, 0.5) is 39.3 Å². The SMILES string of the molecule is [C-]#[N+]c1ccc(C[C@H](Nc2nc(NCC3=Nc4cc(F)ccc4C3)nc(Nc3cccc(CN4CCCCC4)c3)n2)C(=O)CC)cc1. The molecule has 0 spiro atoms. The number of Topliss-reactive ketones (excluding diaryl/α,β-unsaturated/α-hetero) is 1. The molecule has 0 unspecified atom stereocenters. The number of nitrogens with one attached hydrogen (secondary N) is 3. The number of anilines is 4. The third-order valence-corrected chi connectivity index (χ3v) is 8.39. The molecule has 0 amide bonds. The lowest BCUT2D eigenvalue weighted by Gasteiger charge is -2.26. The summed E-state index contributed by atoms with van der Waals surface area (Å²) in [4.78, 5) is 37.5. The number of benzene rings is 3. The van der Waals surface area contributed by atoms with Gasteiger partial charge < -0.3 is 16.0 Å². The zero-order valence-corrected chi connectivity index (χ0v) is 26.5. The van der Waals surface area contributed by atoms with Crippen molar-refractivity contribution in [1.82, 2.24) is 19.9 Å². The Balaban J connectivity index is 1.23. The number of aliphatic imine (C=N–C) groups is 1. The van der Waals surface area contributed by atoms with Crippen LogP contribution in [0.3, 0.4) is 0 Å². The highest BCUT2D eigenvalue weighted by atomic mass is 19.1. The van der Waals surface area contributed by atoms with Crippen LogP contribution in [0.15, 0.2) is 71.7 Å². The molecule has 1 fully saturated rings. The monoisotopic (exact) mass is 631 g/mol. The van der Waals surface area contributed by atoms with Crippen molar-refractivity contribution >= 4 is 46.4 Å². The third-order valence-electron chi connectivity index (χ3n) is 8.39. The number of hydrogen-bond donors (Lipinski definition) is 3. The number of aromatic nitrogens is 3. The maximum absolute atomic E-state index is 13.7. The number of carbonyl (C=O) groups is 1. The number of hydrogen-bond acceptors (Lipinski definition) is 9. The van der Waals surface area contributed by atoms with Gasteiger partial charge in [-0.05, 0) is 73.3 Å². The van der Waals surface area contributed by atoms with E-state index >= 15 is 0 Å². The molecule has 1 aromatic heterocycles. The van der Waals surface area contributed by atoms with Gasteiger partial charge in [-0.15, -0.1) is 0 Å². The highest BCUT2D eigenvalue weighted by molar-refractivity contribution is 5.96. The van der Waals surface area contributed by atoms with Gasteiger partial charge in [-0.2, -0.15) is 15.0 Å². The molecule has 3 N–H and O–H groups in total. The smallest absolute Gasteiger partial charge is 0.233 e. The standard InChI is InChI=1S/C36H38FN9O/c1-3-33(47)32(19-24-10-14-28(38-2)15-11-24)42-36-44-34(39-22-30-20-26-12-13-27(37)21-31(26)40-30)43-35(45-36)41-29-9-7-8-25(18-29)23-46-16-5-4-6-17-46/h7-15,18,21,32H,3-6,16-17,19-20,22-23H2,1H3,(H3,39,41,42,43,44,45)/t32-/m0/s1. The number of likely N-dealkylation sites (tertiary alicyclic amines) is 1. The molecule has 3 heterocycles. The van der Waals surface area contributed by atoms with Gasteiger partial charge in [0.1, 0.15) is 5.82 Å². The molecule has 240 valence electrons. The second-order valence-corrected chi connectivity index (χ2v) is 11.9. The van der Waals surface area contributed by atoms with Crippen LogP contribution in [-0.2, 0) is 24.2 Å². The number of fused-ring (bicyclic) bond motifs is 1. The van der Waals surface area contributed by atoms with Gasteiger partial charge in [0.15, 0.2) is 11.5 Å². The van der Waals surface area contributed by atoms with Crippen molar-refractivity contribution in [1.29, 1.82) is 0 Å². The molecule has 0 radical (unpaired) electrons. The van der Waals surface area contributed by atoms with E-state index in [9.17, 15) is 9.18 Å². The van der Waals surface area contributed by atoms with Gasteiger partial charge in [-0.3, -0.25) is 14.7 Å². The number of ketones is 1. The zero-order chi connectivity index (χ0) is 32.6. The van der Waals surface area contributed by atoms with Crippen molar-refractivity contribution in [2.45, 2.75) is 58.0 Å². The predicted molar refractivity (Wildman–Crippen MR) is 183 cm³/mol. The molecule has 4 aromatic rings. The lowest BCUT2D eigenvalue weighted by Crippen LogP contribution is -2.32. The third kappa shape index (κ3) is 8.54. The van der Waals surface area contributed by atoms with Crippen LogP contribution in [0.25, 0.3) is 4.85 Å². The van der Waals surface area contributed by atoms with E-state index in [1.807, 2.05) is 31.2 Å². The molecule has 1 atom stereocenters. The van der Waals surface area contributed by atoms with Gasteiger partial charge >= 0.3 is 0 Å². The van der Waals surface area contributed by atoms with Gasteiger partial charge in [-0.1, -0.05) is 55.8 Å². The highest BCUT2D eigenvalue weighted by Gasteiger charge is 2.21. The maximum atomic E-state index is 13.7. The van der Waals surface area contributed by atoms with Gasteiger partial charge in [0.25, 0.3) is 0 Å². The molecule has 47 heavy (non-hydrogen) atoms. The van der Waals surface area contributed by atoms with E-state index < -0.39 is 6.04 Å². The van der Waals surface area contributed by atoms with Gasteiger partial charge in [-0.25, -0.2) is 9.24 Å². The van der Waals surface area contributed by atoms with Crippen LogP contribution < -0.4 is 16.0 Å². The van der Waals surface area contributed by atoms with E-state index in [1.54, 1.807) is 18.2 Å². The fourth-order valence-corrected chi connectivity index (χ4v) is 5.92. The molecule has 3 aromatic carbocycles. The molecule has 10 nitrogen and oxygen atoms in total. The van der Waals surface area contributed by atoms with Crippen molar-refractivity contribution < 1.29 is 9.18 Å². The van der Waals surface area contributed by atoms with Crippen LogP contribution in [0.2, 0.25) is 0 Å². The largest absolute Gasteiger partial charge is 0.349 e. The molecule has 0 aliphatic carbocycles. The lowest BCUT2D eigenvalue weighted by molar-refractivity contribution is -0.119. The molecular weight excluding hydrogens is 593 g/mol. The molecule has 0 bridgehead atoms. The lowest BCUT2D eigenvalue weighted by atomic mass is 10.0. The zero-order valence-electron chi connectivity index (χ0n) is 26.5. The second kappa shape index (κ2) is 14.9. The van der Waals surface area contributed by atoms with Crippen molar-refractivity contribution in [2.75, 3.05) is 35.6 Å². The fourth-order valence-electron chi connectivity index (χ4n) is 5.92. The molecule has 2 aliphatic heterocycles. The predicted octanol–water partition coefficient (Wildman–Crippen LogP) is 7.03. The summed E-state index contributed by atoms with van der Waals surface area (Å²) >= 11 is 0. The van der Waals surface area contributed by atoms with Crippen LogP contribution in [0.1, 0.15) is 49.3 Å². The van der Waals surface area contributed by atoms with E-state index in [0.29, 0.717) is 49.1 Å². The molecule has 2 aliphatic rings. The van der Waals surface area contributed by atoms with E-state index in [-0.39, 0.29) is 17.5 Å². The number of piperidine rings is 1. The van der Waals surface area contributed by atoms with E-state index in [1.165, 1.54) is 37.0 Å².